The summed E-state index contributed by atoms with van der Waals surface area (Å²) >= 11 is 0. The van der Waals surface area contributed by atoms with E-state index in [1.165, 1.54) is 4.90 Å². The van der Waals surface area contributed by atoms with Crippen LogP contribution >= 0.6 is 0 Å². The minimum absolute atomic E-state index is 0.00628. The zero-order valence-electron chi connectivity index (χ0n) is 11.9. The molecule has 0 heterocycles. The maximum Gasteiger partial charge on any atom is 0.240 e. The molecule has 0 fully saturated rings. The van der Waals surface area contributed by atoms with Crippen LogP contribution in [0.1, 0.15) is 20.8 Å². The van der Waals surface area contributed by atoms with Gasteiger partial charge in [0.25, 0.3) is 0 Å². The molecule has 0 aromatic carbocycles. The van der Waals surface area contributed by atoms with Crippen LogP contribution in [-0.4, -0.2) is 56.6 Å². The molecule has 0 saturated carbocycles. The van der Waals surface area contributed by atoms with E-state index in [9.17, 15) is 9.59 Å². The fourth-order valence-corrected chi connectivity index (χ4v) is 1.25. The Labute approximate surface area is 109 Å². The molecule has 106 valence electrons. The maximum atomic E-state index is 12.0. The van der Waals surface area contributed by atoms with Crippen LogP contribution < -0.4 is 11.1 Å². The van der Waals surface area contributed by atoms with E-state index in [-0.39, 0.29) is 23.8 Å². The Morgan fingerprint density at radius 3 is 2.39 bits per heavy atom. The minimum Gasteiger partial charge on any atom is -0.383 e. The molecular formula is C12H25N3O3. The van der Waals surface area contributed by atoms with Crippen molar-refractivity contribution in [3.05, 3.63) is 0 Å². The van der Waals surface area contributed by atoms with Gasteiger partial charge in [-0.15, -0.1) is 0 Å². The lowest BCUT2D eigenvalue weighted by Crippen LogP contribution is -2.51. The van der Waals surface area contributed by atoms with E-state index in [2.05, 4.69) is 5.32 Å². The standard InChI is InChI=1S/C12H25N3O3/c1-12(2,3)10(13)11(17)15(4)8-9(16)14-6-7-18-5/h10H,6-8,13H2,1-5H3,(H,14,16)/t10-/m1/s1. The van der Waals surface area contributed by atoms with Gasteiger partial charge in [0, 0.05) is 20.7 Å². The number of ether oxygens (including phenoxy) is 1. The summed E-state index contributed by atoms with van der Waals surface area (Å²) in [6.45, 7) is 6.56. The van der Waals surface area contributed by atoms with Gasteiger partial charge >= 0.3 is 0 Å². The summed E-state index contributed by atoms with van der Waals surface area (Å²) in [6.07, 6.45) is 0. The summed E-state index contributed by atoms with van der Waals surface area (Å²) in [5.41, 5.74) is 5.53. The van der Waals surface area contributed by atoms with Gasteiger partial charge < -0.3 is 20.7 Å². The Bertz CT molecular complexity index is 287. The minimum atomic E-state index is -0.616. The van der Waals surface area contributed by atoms with E-state index in [4.69, 9.17) is 10.5 Å². The Balaban J connectivity index is 4.20. The molecule has 18 heavy (non-hydrogen) atoms. The van der Waals surface area contributed by atoms with E-state index in [1.807, 2.05) is 20.8 Å². The highest BCUT2D eigenvalue weighted by molar-refractivity contribution is 5.87. The molecule has 0 aliphatic rings. The first kappa shape index (κ1) is 16.9. The number of nitrogens with one attached hydrogen (secondary N) is 1. The topological polar surface area (TPSA) is 84.7 Å². The van der Waals surface area contributed by atoms with Gasteiger partial charge in [-0.05, 0) is 5.41 Å². The highest BCUT2D eigenvalue weighted by Gasteiger charge is 2.30. The number of hydrogen-bond donors (Lipinski definition) is 2. The maximum absolute atomic E-state index is 12.0. The molecule has 0 rings (SSSR count). The first-order chi connectivity index (χ1) is 8.20. The summed E-state index contributed by atoms with van der Waals surface area (Å²) in [6, 6.07) is -0.616. The van der Waals surface area contributed by atoms with Crippen molar-refractivity contribution in [1.82, 2.24) is 10.2 Å². The average Bonchev–Trinajstić information content (AvgIpc) is 2.26. The van der Waals surface area contributed by atoms with Crippen LogP contribution in [0.4, 0.5) is 0 Å². The van der Waals surface area contributed by atoms with Crippen molar-refractivity contribution in [3.63, 3.8) is 0 Å². The van der Waals surface area contributed by atoms with Crippen molar-refractivity contribution >= 4 is 11.8 Å². The summed E-state index contributed by atoms with van der Waals surface area (Å²) < 4.78 is 4.81. The van der Waals surface area contributed by atoms with Crippen molar-refractivity contribution < 1.29 is 14.3 Å². The Kier molecular flexibility index (Phi) is 6.86. The highest BCUT2D eigenvalue weighted by atomic mass is 16.5. The predicted octanol–water partition coefficient (Wildman–Crippen LogP) is -0.419. The van der Waals surface area contributed by atoms with Crippen LogP contribution in [0.2, 0.25) is 0 Å². The van der Waals surface area contributed by atoms with E-state index < -0.39 is 6.04 Å². The Hall–Kier alpha value is -1.14. The van der Waals surface area contributed by atoms with E-state index >= 15 is 0 Å². The smallest absolute Gasteiger partial charge is 0.240 e. The van der Waals surface area contributed by atoms with Crippen LogP contribution in [-0.2, 0) is 14.3 Å². The third-order valence-corrected chi connectivity index (χ3v) is 2.58. The van der Waals surface area contributed by atoms with Crippen LogP contribution in [0.5, 0.6) is 0 Å². The molecule has 3 N–H and O–H groups in total. The number of amides is 2. The molecule has 0 bridgehead atoms. The normalized spacial score (nSPS) is 13.0. The molecule has 1 atom stereocenters. The van der Waals surface area contributed by atoms with Crippen molar-refractivity contribution in [2.75, 3.05) is 33.9 Å². The molecule has 0 saturated heterocycles. The fourth-order valence-electron chi connectivity index (χ4n) is 1.25. The summed E-state index contributed by atoms with van der Waals surface area (Å²) in [5, 5.41) is 2.65. The van der Waals surface area contributed by atoms with E-state index in [1.54, 1.807) is 14.2 Å². The van der Waals surface area contributed by atoms with Crippen molar-refractivity contribution in [3.8, 4) is 0 Å². The molecule has 0 unspecified atom stereocenters. The largest absolute Gasteiger partial charge is 0.383 e. The van der Waals surface area contributed by atoms with Gasteiger partial charge in [-0.25, -0.2) is 0 Å². The number of likely N-dealkylation sites (N-methyl/N-ethyl adjacent to an activating group) is 1. The van der Waals surface area contributed by atoms with Crippen molar-refractivity contribution in [2.45, 2.75) is 26.8 Å². The van der Waals surface area contributed by atoms with Gasteiger partial charge in [-0.2, -0.15) is 0 Å². The molecule has 0 spiro atoms. The quantitative estimate of drug-likeness (QED) is 0.635. The molecule has 0 aliphatic carbocycles. The van der Waals surface area contributed by atoms with Crippen LogP contribution in [0, 0.1) is 5.41 Å². The van der Waals surface area contributed by atoms with E-state index in [0.717, 1.165) is 0 Å². The van der Waals surface area contributed by atoms with Gasteiger partial charge in [0.1, 0.15) is 0 Å². The number of nitrogens with zero attached hydrogens (tertiary/aromatic N) is 1. The molecule has 0 aromatic heterocycles. The number of nitrogens with two attached hydrogens (primary N) is 1. The third kappa shape index (κ3) is 5.97. The molecule has 6 nitrogen and oxygen atoms in total. The lowest BCUT2D eigenvalue weighted by Gasteiger charge is -2.29. The first-order valence-electron chi connectivity index (χ1n) is 5.96. The van der Waals surface area contributed by atoms with E-state index in [0.29, 0.717) is 13.2 Å². The summed E-state index contributed by atoms with van der Waals surface area (Å²) in [4.78, 5) is 24.8. The van der Waals surface area contributed by atoms with Crippen molar-refractivity contribution in [1.29, 1.82) is 0 Å². The van der Waals surface area contributed by atoms with Crippen LogP contribution in [0.25, 0.3) is 0 Å². The van der Waals surface area contributed by atoms with Gasteiger partial charge in [-0.3, -0.25) is 9.59 Å². The number of hydrogen-bond acceptors (Lipinski definition) is 4. The SMILES string of the molecule is COCCNC(=O)CN(C)C(=O)[C@@H](N)C(C)(C)C. The second-order valence-corrected chi connectivity index (χ2v) is 5.38. The lowest BCUT2D eigenvalue weighted by atomic mass is 9.86. The number of carbonyl (C=O) groups is 2. The molecule has 6 heteroatoms. The van der Waals surface area contributed by atoms with Gasteiger partial charge in [-0.1, -0.05) is 20.8 Å². The second kappa shape index (κ2) is 7.33. The zero-order chi connectivity index (χ0) is 14.3. The molecule has 2 amide bonds. The number of rotatable bonds is 6. The average molecular weight is 259 g/mol. The van der Waals surface area contributed by atoms with Gasteiger partial charge in [0.2, 0.25) is 11.8 Å². The predicted molar refractivity (Wildman–Crippen MR) is 70.0 cm³/mol. The summed E-state index contributed by atoms with van der Waals surface area (Å²) in [7, 11) is 3.13. The molecule has 0 aliphatic heterocycles. The fraction of sp³-hybridized carbons (Fsp3) is 0.833. The first-order valence-corrected chi connectivity index (χ1v) is 5.96. The number of carbonyl (C=O) groups excluding carboxylic acids is 2. The number of methoxy groups -OCH3 is 1. The third-order valence-electron chi connectivity index (χ3n) is 2.58. The Morgan fingerprint density at radius 1 is 1.39 bits per heavy atom. The summed E-state index contributed by atoms with van der Waals surface area (Å²) in [5.74, 6) is -0.451. The molecule has 0 radical (unpaired) electrons. The molecular weight excluding hydrogens is 234 g/mol. The van der Waals surface area contributed by atoms with Gasteiger partial charge in [0.05, 0.1) is 19.2 Å². The van der Waals surface area contributed by atoms with Crippen molar-refractivity contribution in [2.24, 2.45) is 11.1 Å². The van der Waals surface area contributed by atoms with Crippen LogP contribution in [0.15, 0.2) is 0 Å². The monoisotopic (exact) mass is 259 g/mol. The second-order valence-electron chi connectivity index (χ2n) is 5.38. The highest BCUT2D eigenvalue weighted by Crippen LogP contribution is 2.18. The zero-order valence-corrected chi connectivity index (χ0v) is 11.9. The molecule has 0 aromatic rings. The lowest BCUT2D eigenvalue weighted by molar-refractivity contribution is -0.137. The van der Waals surface area contributed by atoms with Crippen LogP contribution in [0.3, 0.4) is 0 Å². The Morgan fingerprint density at radius 2 is 1.94 bits per heavy atom. The van der Waals surface area contributed by atoms with Gasteiger partial charge in [0.15, 0.2) is 0 Å².